The molecule has 0 bridgehead atoms. The minimum Gasteiger partial charge on any atom is -0.365 e. The van der Waals surface area contributed by atoms with Crippen molar-refractivity contribution in [3.8, 4) is 0 Å². The molecule has 8 heteroatoms. The van der Waals surface area contributed by atoms with Gasteiger partial charge in [-0.15, -0.1) is 0 Å². The number of amides is 2. The molecule has 2 N–H and O–H groups in total. The zero-order valence-electron chi connectivity index (χ0n) is 18.4. The van der Waals surface area contributed by atoms with Gasteiger partial charge in [-0.1, -0.05) is 18.2 Å². The molecule has 0 radical (unpaired) electrons. The zero-order valence-corrected chi connectivity index (χ0v) is 18.4. The molecule has 3 aromatic rings. The number of hydrogen-bond donors (Lipinski definition) is 1. The highest BCUT2D eigenvalue weighted by Gasteiger charge is 2.30. The lowest BCUT2D eigenvalue weighted by Gasteiger charge is -2.35. The Hall–Kier alpha value is -3.55. The molecule has 8 nitrogen and oxygen atoms in total. The highest BCUT2D eigenvalue weighted by molar-refractivity contribution is 5.93. The van der Waals surface area contributed by atoms with Crippen molar-refractivity contribution in [2.45, 2.75) is 52.1 Å². The molecule has 1 aromatic carbocycles. The number of aromatic nitrogens is 3. The van der Waals surface area contributed by atoms with Crippen LogP contribution in [0.25, 0.3) is 10.9 Å². The van der Waals surface area contributed by atoms with Crippen molar-refractivity contribution in [3.63, 3.8) is 0 Å². The molecule has 4 rings (SSSR count). The molecule has 1 saturated heterocycles. The van der Waals surface area contributed by atoms with Gasteiger partial charge >= 0.3 is 0 Å². The first-order valence-corrected chi connectivity index (χ1v) is 10.9. The van der Waals surface area contributed by atoms with E-state index in [0.29, 0.717) is 24.6 Å². The van der Waals surface area contributed by atoms with E-state index < -0.39 is 5.91 Å². The highest BCUT2D eigenvalue weighted by atomic mass is 16.2. The van der Waals surface area contributed by atoms with Gasteiger partial charge in [0.05, 0.1) is 22.8 Å². The SMILES string of the molecule is Cc1nc([C@H]2CCCCN2C(=O)CCn2c(=O)cc(C)c3ccccc32)ncc1C(N)=O. The van der Waals surface area contributed by atoms with E-state index in [4.69, 9.17) is 5.73 Å². The number of para-hydroxylation sites is 1. The molecule has 2 aromatic heterocycles. The number of likely N-dealkylation sites (tertiary alicyclic amines) is 1. The van der Waals surface area contributed by atoms with Crippen LogP contribution in [0, 0.1) is 13.8 Å². The Bertz CT molecular complexity index is 1250. The van der Waals surface area contributed by atoms with Crippen LogP contribution >= 0.6 is 0 Å². The van der Waals surface area contributed by atoms with Crippen LogP contribution in [0.3, 0.4) is 0 Å². The molecule has 0 aliphatic carbocycles. The maximum absolute atomic E-state index is 13.2. The molecule has 1 fully saturated rings. The number of nitrogens with zero attached hydrogens (tertiary/aromatic N) is 4. The van der Waals surface area contributed by atoms with Gasteiger partial charge in [0.15, 0.2) is 5.82 Å². The lowest BCUT2D eigenvalue weighted by Crippen LogP contribution is -2.40. The fraction of sp³-hybridized carbons (Fsp3) is 0.375. The molecule has 1 atom stereocenters. The Morgan fingerprint density at radius 1 is 1.19 bits per heavy atom. The summed E-state index contributed by atoms with van der Waals surface area (Å²) in [6.45, 7) is 4.56. The number of aryl methyl sites for hydroxylation is 3. The van der Waals surface area contributed by atoms with E-state index in [9.17, 15) is 14.4 Å². The predicted molar refractivity (Wildman–Crippen MR) is 121 cm³/mol. The van der Waals surface area contributed by atoms with Gasteiger partial charge in [0.25, 0.3) is 11.5 Å². The predicted octanol–water partition coefficient (Wildman–Crippen LogP) is 2.65. The summed E-state index contributed by atoms with van der Waals surface area (Å²) in [6.07, 6.45) is 4.29. The summed E-state index contributed by atoms with van der Waals surface area (Å²) in [5.74, 6) is -0.0774. The van der Waals surface area contributed by atoms with E-state index in [1.165, 1.54) is 6.20 Å². The van der Waals surface area contributed by atoms with Gasteiger partial charge in [-0.3, -0.25) is 14.4 Å². The van der Waals surface area contributed by atoms with Crippen LogP contribution in [-0.4, -0.2) is 37.8 Å². The molecule has 0 unspecified atom stereocenters. The number of carbonyl (C=O) groups excluding carboxylic acids is 2. The maximum atomic E-state index is 13.2. The van der Waals surface area contributed by atoms with Crippen molar-refractivity contribution < 1.29 is 9.59 Å². The molecule has 1 aliphatic rings. The second-order valence-corrected chi connectivity index (χ2v) is 8.27. The van der Waals surface area contributed by atoms with Crippen molar-refractivity contribution in [2.75, 3.05) is 6.54 Å². The van der Waals surface area contributed by atoms with Gasteiger partial charge in [-0.2, -0.15) is 0 Å². The van der Waals surface area contributed by atoms with Gasteiger partial charge in [-0.25, -0.2) is 9.97 Å². The summed E-state index contributed by atoms with van der Waals surface area (Å²) < 4.78 is 1.67. The molecule has 3 heterocycles. The van der Waals surface area contributed by atoms with E-state index in [1.54, 1.807) is 17.6 Å². The van der Waals surface area contributed by atoms with Gasteiger partial charge < -0.3 is 15.2 Å². The average molecular weight is 434 g/mol. The third-order valence-corrected chi connectivity index (χ3v) is 6.16. The summed E-state index contributed by atoms with van der Waals surface area (Å²) >= 11 is 0. The topological polar surface area (TPSA) is 111 Å². The Morgan fingerprint density at radius 3 is 2.72 bits per heavy atom. The number of fused-ring (bicyclic) bond motifs is 1. The molecule has 2 amide bonds. The van der Waals surface area contributed by atoms with E-state index in [1.807, 2.05) is 36.1 Å². The Balaban J connectivity index is 1.56. The lowest BCUT2D eigenvalue weighted by atomic mass is 10.0. The first kappa shape index (κ1) is 21.7. The lowest BCUT2D eigenvalue weighted by molar-refractivity contribution is -0.135. The molecule has 0 spiro atoms. The first-order chi connectivity index (χ1) is 15.4. The maximum Gasteiger partial charge on any atom is 0.252 e. The second-order valence-electron chi connectivity index (χ2n) is 8.27. The number of rotatable bonds is 5. The summed E-state index contributed by atoms with van der Waals surface area (Å²) in [6, 6.07) is 9.11. The fourth-order valence-electron chi connectivity index (χ4n) is 4.47. The quantitative estimate of drug-likeness (QED) is 0.665. The van der Waals surface area contributed by atoms with Gasteiger partial charge in [0, 0.05) is 37.2 Å². The van der Waals surface area contributed by atoms with Gasteiger partial charge in [0.2, 0.25) is 5.91 Å². The highest BCUT2D eigenvalue weighted by Crippen LogP contribution is 2.30. The van der Waals surface area contributed by atoms with Crippen molar-refractivity contribution in [3.05, 3.63) is 69.5 Å². The van der Waals surface area contributed by atoms with E-state index in [2.05, 4.69) is 9.97 Å². The average Bonchev–Trinajstić information content (AvgIpc) is 2.78. The molecular weight excluding hydrogens is 406 g/mol. The van der Waals surface area contributed by atoms with Crippen LogP contribution in [-0.2, 0) is 11.3 Å². The number of pyridine rings is 1. The van der Waals surface area contributed by atoms with Gasteiger partial charge in [-0.05, 0) is 44.7 Å². The van der Waals surface area contributed by atoms with Crippen molar-refractivity contribution >= 4 is 22.7 Å². The monoisotopic (exact) mass is 433 g/mol. The van der Waals surface area contributed by atoms with Crippen LogP contribution in [0.4, 0.5) is 0 Å². The van der Waals surface area contributed by atoms with E-state index in [0.717, 1.165) is 35.7 Å². The molecule has 32 heavy (non-hydrogen) atoms. The smallest absolute Gasteiger partial charge is 0.252 e. The summed E-state index contributed by atoms with van der Waals surface area (Å²) in [4.78, 5) is 48.0. The number of nitrogens with two attached hydrogens (primary N) is 1. The summed E-state index contributed by atoms with van der Waals surface area (Å²) in [5.41, 5.74) is 7.82. The van der Waals surface area contributed by atoms with Crippen LogP contribution in [0.15, 0.2) is 41.3 Å². The standard InChI is InChI=1S/C24H27N5O3/c1-15-13-22(31)29(19-8-4-3-7-17(15)19)12-10-21(30)28-11-6-5-9-20(28)24-26-14-18(23(25)32)16(2)27-24/h3-4,7-8,13-14,20H,5-6,9-12H2,1-2H3,(H2,25,32)/t20-/m1/s1. The number of carbonyl (C=O) groups is 2. The molecular formula is C24H27N5O3. The molecule has 0 saturated carbocycles. The van der Waals surface area contributed by atoms with Crippen LogP contribution in [0.5, 0.6) is 0 Å². The van der Waals surface area contributed by atoms with Crippen LogP contribution < -0.4 is 11.3 Å². The summed E-state index contributed by atoms with van der Waals surface area (Å²) in [7, 11) is 0. The van der Waals surface area contributed by atoms with Gasteiger partial charge in [0.1, 0.15) is 0 Å². The first-order valence-electron chi connectivity index (χ1n) is 10.9. The Labute approximate surface area is 186 Å². The van der Waals surface area contributed by atoms with E-state index in [-0.39, 0.29) is 29.5 Å². The van der Waals surface area contributed by atoms with Crippen LogP contribution in [0.2, 0.25) is 0 Å². The number of benzene rings is 1. The molecule has 166 valence electrons. The van der Waals surface area contributed by atoms with Crippen molar-refractivity contribution in [1.29, 1.82) is 0 Å². The fourth-order valence-corrected chi connectivity index (χ4v) is 4.47. The minimum absolute atomic E-state index is 0.0357. The van der Waals surface area contributed by atoms with E-state index >= 15 is 0 Å². The Morgan fingerprint density at radius 2 is 1.97 bits per heavy atom. The third-order valence-electron chi connectivity index (χ3n) is 6.16. The molecule has 1 aliphatic heterocycles. The zero-order chi connectivity index (χ0) is 22.8. The number of hydrogen-bond acceptors (Lipinski definition) is 5. The van der Waals surface area contributed by atoms with Crippen LogP contribution in [0.1, 0.15) is 59.2 Å². The number of primary amides is 1. The number of piperidine rings is 1. The summed E-state index contributed by atoms with van der Waals surface area (Å²) in [5, 5.41) is 1.01. The second kappa shape index (κ2) is 8.90. The normalized spacial score (nSPS) is 16.3. The largest absolute Gasteiger partial charge is 0.365 e. The van der Waals surface area contributed by atoms with Crippen molar-refractivity contribution in [1.82, 2.24) is 19.4 Å². The Kier molecular flexibility index (Phi) is 6.03. The van der Waals surface area contributed by atoms with Crippen molar-refractivity contribution in [2.24, 2.45) is 5.73 Å². The minimum atomic E-state index is -0.568. The third kappa shape index (κ3) is 4.12.